The van der Waals surface area contributed by atoms with Crippen LogP contribution in [0.5, 0.6) is 0 Å². The van der Waals surface area contributed by atoms with Crippen LogP contribution >= 0.6 is 21.8 Å². The van der Waals surface area contributed by atoms with Gasteiger partial charge in [0.05, 0.1) is 49.7 Å². The van der Waals surface area contributed by atoms with Gasteiger partial charge in [0.15, 0.2) is 40.4 Å². The van der Waals surface area contributed by atoms with Gasteiger partial charge in [0, 0.05) is 87.6 Å². The highest BCUT2D eigenvalue weighted by molar-refractivity contribution is 7.97. The fourth-order valence-electron chi connectivity index (χ4n) is 25.3. The zero-order chi connectivity index (χ0) is 85.1. The summed E-state index contributed by atoms with van der Waals surface area (Å²) in [6, 6.07) is 174. The van der Waals surface area contributed by atoms with E-state index in [9.17, 15) is 0 Å². The molecule has 4 unspecified atom stereocenters. The minimum atomic E-state index is -2.03. The molecule has 8 heteroatoms. The fourth-order valence-corrected chi connectivity index (χ4v) is 40.6. The van der Waals surface area contributed by atoms with Gasteiger partial charge in [-0.3, -0.25) is 0 Å². The molecule has 0 aliphatic carbocycles. The van der Waals surface area contributed by atoms with E-state index in [0.717, 1.165) is 0 Å². The third kappa shape index (κ3) is 9.74. The van der Waals surface area contributed by atoms with Crippen molar-refractivity contribution in [2.24, 2.45) is 0 Å². The molecule has 0 saturated heterocycles. The molecule has 130 heavy (non-hydrogen) atoms. The monoisotopic (exact) mass is 1710 g/mol. The summed E-state index contributed by atoms with van der Waals surface area (Å²) in [4.78, 5) is 0. The zero-order valence-corrected chi connectivity index (χ0v) is 73.8. The Kier molecular flexibility index (Phi) is 16.2. The second kappa shape index (κ2) is 28.3. The van der Waals surface area contributed by atoms with Gasteiger partial charge in [-0.05, 0) is 189 Å². The van der Waals surface area contributed by atoms with Gasteiger partial charge in [-0.2, -0.15) is 18.2 Å². The molecule has 23 aromatic rings. The molecule has 8 aliphatic heterocycles. The van der Waals surface area contributed by atoms with E-state index in [4.69, 9.17) is 0 Å². The molecule has 0 radical (unpaired) electrons. The van der Waals surface area contributed by atoms with Crippen molar-refractivity contribution in [3.05, 3.63) is 508 Å². The van der Waals surface area contributed by atoms with Crippen molar-refractivity contribution in [1.82, 2.24) is 4.48 Å². The van der Waals surface area contributed by atoms with Crippen molar-refractivity contribution in [1.29, 1.82) is 0 Å². The Labute approximate surface area is 755 Å². The van der Waals surface area contributed by atoms with Crippen LogP contribution in [0.2, 0.25) is 0 Å². The van der Waals surface area contributed by atoms with Gasteiger partial charge in [0.2, 0.25) is 28.3 Å². The molecule has 0 bridgehead atoms. The summed E-state index contributed by atoms with van der Waals surface area (Å²) in [5.41, 5.74) is 20.8. The van der Waals surface area contributed by atoms with E-state index in [1.807, 2.05) is 0 Å². The maximum absolute atomic E-state index is 2.61. The normalized spacial score (nSPS) is 17.0. The van der Waals surface area contributed by atoms with Gasteiger partial charge in [-0.25, -0.2) is 0 Å². The highest BCUT2D eigenvalue weighted by atomic mass is 31.2. The molecule has 8 aliphatic rings. The topological polar surface area (TPSA) is 15.5 Å². The van der Waals surface area contributed by atoms with Crippen LogP contribution in [-0.2, 0) is 0 Å². The standard InChI is InChI=1S/2C32H22NP.C30H20NP.C28H20N2/c1-3-12-22(13-4-1)34(23-14-5-2-6-15-23)28-20-11-18-26-24-16-7-8-17-25(24)29-27-19-9-10-21-33(27)32(34)31(29)30(26)28;1-3-13-25(14-4-1)34(26-15-5-2-6-16-26)29-17-9-12-22-18-19-27-28-20-23-10-7-8-11-24(23)21-33(28)32(34)31(27)30(22)29;1-3-11-23(12-4-1)32(24-13-5-2-6-14-24)25-15-7-9-21-19-22-17-16-20-10-8-18-31-29(20)27(22)28(26(21)25)30(31)32;1-3-11-21(12-4-1)30(22-13-5-2-6-14-22)26-17-9-10-20-18-19-25-23-15-7-8-16-24(23)28(30)29(25)27(20)26/h2*1-21,32H;1-19,30H;1-19,28H/q4*+2. The van der Waals surface area contributed by atoms with Crippen molar-refractivity contribution in [2.75, 3.05) is 0 Å². The van der Waals surface area contributed by atoms with Gasteiger partial charge in [-0.15, -0.1) is 4.57 Å². The number of rotatable bonds is 8. The van der Waals surface area contributed by atoms with Crippen LogP contribution in [0.4, 0.5) is 17.1 Å². The summed E-state index contributed by atoms with van der Waals surface area (Å²) >= 11 is 0. The van der Waals surface area contributed by atoms with Crippen molar-refractivity contribution in [3.8, 4) is 33.8 Å². The Morgan fingerprint density at radius 2 is 0.662 bits per heavy atom. The van der Waals surface area contributed by atoms with Crippen molar-refractivity contribution < 1.29 is 18.3 Å². The van der Waals surface area contributed by atoms with E-state index < -0.39 is 21.8 Å². The molecule has 31 rings (SSSR count). The molecule has 0 fully saturated rings. The van der Waals surface area contributed by atoms with Crippen LogP contribution in [-0.4, -0.2) is 0 Å². The fraction of sp³-hybridized carbons (Fsp3) is 0.0328. The van der Waals surface area contributed by atoms with E-state index >= 15 is 0 Å². The molecular weight excluding hydrogens is 1630 g/mol. The lowest BCUT2D eigenvalue weighted by Crippen LogP contribution is -2.50. The predicted molar refractivity (Wildman–Crippen MR) is 546 cm³/mol. The lowest BCUT2D eigenvalue weighted by atomic mass is 9.92. The molecule has 0 saturated carbocycles. The number of hydrogen-bond donors (Lipinski definition) is 0. The maximum Gasteiger partial charge on any atom is 0.327 e. The van der Waals surface area contributed by atoms with E-state index in [2.05, 4.69) is 504 Å². The third-order valence-electron chi connectivity index (χ3n) is 29.9. The van der Waals surface area contributed by atoms with Gasteiger partial charge < -0.3 is 0 Å². The molecule has 0 amide bonds. The Balaban J connectivity index is 0.0000000873. The van der Waals surface area contributed by atoms with Crippen LogP contribution in [0, 0.1) is 0 Å². The van der Waals surface area contributed by atoms with E-state index in [0.29, 0.717) is 10.3 Å². The molecule has 12 heterocycles. The SMILES string of the molecule is c1ccc([N+]2(c3ccccc3)c3cccc4ccc5[n+](c34)C2c2ccccc2-5)cc1.c1ccc([P+]2(c3ccccc3)c3cccc4c3c3c(c5ccccc54)-c4cccc[n+]4C32)cc1.c1ccc([P+]2(c3ccccc3)c3cccc4cc5ccc6ccc[n+]7c6c5c(c34)C72)cc1.c1ccc([P+]2(c3ccccc3)c3cccc4ccc5c(c34)C2[n+]2cc3ccccc3cc2-5)cc1. The molecule has 19 aromatic carbocycles. The molecule has 604 valence electrons. The Bertz CT molecular complexity index is 8550. The molecule has 4 atom stereocenters. The average molecular weight is 1710 g/mol. The highest BCUT2D eigenvalue weighted by Gasteiger charge is 2.72. The molecule has 5 nitrogen and oxygen atoms in total. The Morgan fingerprint density at radius 3 is 1.28 bits per heavy atom. The predicted octanol–water partition coefficient (Wildman–Crippen LogP) is 24.5. The number of quaternary nitrogens is 1. The first kappa shape index (κ1) is 74.2. The largest absolute Gasteiger partial charge is 0.327 e. The van der Waals surface area contributed by atoms with Crippen molar-refractivity contribution in [3.63, 3.8) is 0 Å². The molecule has 0 spiro atoms. The van der Waals surface area contributed by atoms with Crippen molar-refractivity contribution >= 4 is 173 Å². The first-order valence-electron chi connectivity index (χ1n) is 45.5. The van der Waals surface area contributed by atoms with Crippen LogP contribution in [0.15, 0.2) is 486 Å². The van der Waals surface area contributed by atoms with Gasteiger partial charge >= 0.3 is 6.17 Å². The first-order chi connectivity index (χ1) is 64.6. The smallest absolute Gasteiger partial charge is 0.159 e. The first-order valence-corrected chi connectivity index (χ1v) is 51.0. The summed E-state index contributed by atoms with van der Waals surface area (Å²) in [6.45, 7) is 0. The summed E-state index contributed by atoms with van der Waals surface area (Å²) < 4.78 is 11.1. The molecular formula is C122H84N5P3+8. The maximum atomic E-state index is 2.61. The summed E-state index contributed by atoms with van der Waals surface area (Å²) in [5, 5.41) is 32.6. The molecule has 4 aromatic heterocycles. The van der Waals surface area contributed by atoms with Gasteiger partial charge in [-0.1, -0.05) is 255 Å². The lowest BCUT2D eigenvalue weighted by Gasteiger charge is -2.34. The number of fused-ring (bicyclic) bond motifs is 14. The Hall–Kier alpha value is -14.9. The number of benzene rings is 19. The number of nitrogens with zero attached hydrogens (tertiary/aromatic N) is 5. The zero-order valence-electron chi connectivity index (χ0n) is 71.1. The minimum absolute atomic E-state index is 0.141. The summed E-state index contributed by atoms with van der Waals surface area (Å²) in [6.07, 6.45) is 7.19. The van der Waals surface area contributed by atoms with E-state index in [-0.39, 0.29) is 17.7 Å². The third-order valence-corrected chi connectivity index (χ3v) is 43.7. The van der Waals surface area contributed by atoms with E-state index in [1.165, 1.54) is 202 Å². The Morgan fingerprint density at radius 1 is 0.231 bits per heavy atom. The van der Waals surface area contributed by atoms with Crippen LogP contribution in [0.3, 0.4) is 0 Å². The number of para-hydroxylation sites is 3. The van der Waals surface area contributed by atoms with Gasteiger partial charge in [0.1, 0.15) is 59.1 Å². The quantitative estimate of drug-likeness (QED) is 0.0474. The number of pyridine rings is 4. The average Bonchev–Trinajstić information content (AvgIpc) is 1.50. The van der Waals surface area contributed by atoms with E-state index in [1.54, 1.807) is 5.56 Å². The number of aromatic nitrogens is 4. The summed E-state index contributed by atoms with van der Waals surface area (Å²) in [5.74, 6) is 0.845. The second-order valence-electron chi connectivity index (χ2n) is 35.8. The van der Waals surface area contributed by atoms with Crippen LogP contribution < -0.4 is 70.5 Å². The summed E-state index contributed by atoms with van der Waals surface area (Å²) in [7, 11) is -6.02. The van der Waals surface area contributed by atoms with Crippen molar-refractivity contribution in [2.45, 2.75) is 23.5 Å². The number of hydrogen-bond acceptors (Lipinski definition) is 0. The highest BCUT2D eigenvalue weighted by Crippen LogP contribution is 2.77. The van der Waals surface area contributed by atoms with Crippen LogP contribution in [0.25, 0.3) is 120 Å². The molecule has 0 N–H and O–H groups in total. The second-order valence-corrected chi connectivity index (χ2v) is 46.1. The lowest BCUT2D eigenvalue weighted by molar-refractivity contribution is -0.677. The van der Waals surface area contributed by atoms with Gasteiger partial charge in [0.25, 0.3) is 22.9 Å². The van der Waals surface area contributed by atoms with Crippen LogP contribution in [0.1, 0.15) is 45.8 Å². The minimum Gasteiger partial charge on any atom is -0.159 e.